The summed E-state index contributed by atoms with van der Waals surface area (Å²) in [7, 11) is -21.3. The number of hydrogen-bond acceptors (Lipinski definition) is 6. The van der Waals surface area contributed by atoms with E-state index in [1.54, 1.807) is 12.4 Å². The molecular formula is C28H26F12N6P2Ru+. The third-order valence-corrected chi connectivity index (χ3v) is 4.93. The summed E-state index contributed by atoms with van der Waals surface area (Å²) in [6.07, 6.45) is 9.02. The fourth-order valence-corrected chi connectivity index (χ4v) is 3.36. The molecule has 0 N–H and O–H groups in total. The Kier molecular flexibility index (Phi) is 14.1. The van der Waals surface area contributed by atoms with Crippen LogP contribution in [0, 0.1) is 0 Å². The van der Waals surface area contributed by atoms with Gasteiger partial charge in [-0.3, -0.25) is 29.8 Å². The first kappa shape index (κ1) is 43.4. The molecule has 5 rings (SSSR count). The predicted octanol–water partition coefficient (Wildman–Crippen LogP) is 12.0. The molecule has 0 aliphatic heterocycles. The molecule has 5 aromatic heterocycles. The van der Waals surface area contributed by atoms with Crippen LogP contribution in [0.15, 0.2) is 122 Å². The number of rotatable bonds is 7. The molecule has 0 aromatic carbocycles. The molecule has 0 amide bonds. The molecule has 0 unspecified atom stereocenters. The van der Waals surface area contributed by atoms with Crippen molar-refractivity contribution in [2.24, 2.45) is 0 Å². The molecule has 21 heteroatoms. The topological polar surface area (TPSA) is 67.7 Å². The third kappa shape index (κ3) is 29.0. The number of nitrogens with zero attached hydrogens (tertiary/aromatic N) is 6. The average molecular weight is 838 g/mol. The van der Waals surface area contributed by atoms with Crippen molar-refractivity contribution in [2.45, 2.75) is 19.6 Å². The monoisotopic (exact) mass is 838 g/mol. The first-order chi connectivity index (χ1) is 21.8. The van der Waals surface area contributed by atoms with Gasteiger partial charge >= 0.3 is 85.5 Å². The second-order valence-electron chi connectivity index (χ2n) is 9.45. The van der Waals surface area contributed by atoms with Crippen LogP contribution in [0.25, 0.3) is 11.4 Å². The molecule has 0 aliphatic rings. The van der Waals surface area contributed by atoms with Gasteiger partial charge in [0.25, 0.3) is 0 Å². The van der Waals surface area contributed by atoms with Crippen molar-refractivity contribution in [3.63, 3.8) is 0 Å². The molecule has 0 saturated carbocycles. The Morgan fingerprint density at radius 1 is 0.367 bits per heavy atom. The van der Waals surface area contributed by atoms with Gasteiger partial charge in [0.2, 0.25) is 0 Å². The molecule has 0 atom stereocenters. The van der Waals surface area contributed by atoms with E-state index in [0.717, 1.165) is 48.1 Å². The van der Waals surface area contributed by atoms with Crippen molar-refractivity contribution in [3.05, 3.63) is 139 Å². The van der Waals surface area contributed by atoms with Gasteiger partial charge in [0.1, 0.15) is 0 Å². The smallest absolute Gasteiger partial charge is 0.286 e. The minimum Gasteiger partial charge on any atom is -0.286 e. The van der Waals surface area contributed by atoms with Crippen LogP contribution in [0.4, 0.5) is 50.4 Å². The third-order valence-electron chi connectivity index (χ3n) is 4.93. The first-order valence-corrected chi connectivity index (χ1v) is 17.2. The molecule has 0 fully saturated rings. The normalized spacial score (nSPS) is 13.8. The first-order valence-electron chi connectivity index (χ1n) is 13.1. The van der Waals surface area contributed by atoms with Crippen molar-refractivity contribution in [1.82, 2.24) is 29.8 Å². The van der Waals surface area contributed by atoms with E-state index in [2.05, 4.69) is 29.8 Å². The maximum Gasteiger partial charge on any atom is 3.00 e. The molecule has 5 aromatic rings. The zero-order valence-electron chi connectivity index (χ0n) is 24.6. The van der Waals surface area contributed by atoms with Crippen LogP contribution in [-0.4, -0.2) is 29.8 Å². The van der Waals surface area contributed by atoms with Gasteiger partial charge in [0.15, 0.2) is 0 Å². The maximum atomic E-state index is 9.87. The quantitative estimate of drug-likeness (QED) is 0.0924. The van der Waals surface area contributed by atoms with Crippen LogP contribution < -0.4 is 0 Å². The summed E-state index contributed by atoms with van der Waals surface area (Å²) in [5, 5.41) is 0. The van der Waals surface area contributed by atoms with Crippen LogP contribution in [0.1, 0.15) is 17.1 Å². The molecule has 269 valence electrons. The number of hydrogen-bond donors (Lipinski definition) is 0. The van der Waals surface area contributed by atoms with Crippen molar-refractivity contribution < 1.29 is 69.8 Å². The summed E-state index contributed by atoms with van der Waals surface area (Å²) < 4.78 is 118. The van der Waals surface area contributed by atoms with E-state index >= 15 is 0 Å². The van der Waals surface area contributed by atoms with Crippen molar-refractivity contribution in [2.75, 3.05) is 0 Å². The summed E-state index contributed by atoms with van der Waals surface area (Å²) in [4.78, 5) is 23.9. The summed E-state index contributed by atoms with van der Waals surface area (Å²) in [6, 6.07) is 29.6. The molecule has 0 bridgehead atoms. The van der Waals surface area contributed by atoms with Gasteiger partial charge < -0.3 is 0 Å². The van der Waals surface area contributed by atoms with Crippen molar-refractivity contribution >= 4 is 15.6 Å². The van der Waals surface area contributed by atoms with E-state index in [-0.39, 0.29) is 19.5 Å². The molecule has 1 radical (unpaired) electrons. The minimum absolute atomic E-state index is 0. The Bertz CT molecular complexity index is 1480. The van der Waals surface area contributed by atoms with Crippen LogP contribution in [0.2, 0.25) is 0 Å². The van der Waals surface area contributed by atoms with E-state index in [1.807, 2.05) is 110 Å². The summed E-state index contributed by atoms with van der Waals surface area (Å²) in [5.74, 6) is 0. The van der Waals surface area contributed by atoms with Gasteiger partial charge in [0.05, 0.1) is 28.5 Å². The van der Waals surface area contributed by atoms with Gasteiger partial charge in [-0.25, -0.2) is 0 Å². The Labute approximate surface area is 284 Å². The van der Waals surface area contributed by atoms with Crippen LogP contribution in [0.5, 0.6) is 0 Å². The zero-order chi connectivity index (χ0) is 36.1. The summed E-state index contributed by atoms with van der Waals surface area (Å²) >= 11 is 0. The molecule has 0 aliphatic carbocycles. The van der Waals surface area contributed by atoms with Crippen molar-refractivity contribution in [1.29, 1.82) is 0 Å². The average Bonchev–Trinajstić information content (AvgIpc) is 2.97. The van der Waals surface area contributed by atoms with Crippen LogP contribution in [-0.2, 0) is 39.1 Å². The van der Waals surface area contributed by atoms with E-state index in [1.165, 1.54) is 0 Å². The number of aromatic nitrogens is 5. The van der Waals surface area contributed by atoms with E-state index in [0.29, 0.717) is 0 Å². The van der Waals surface area contributed by atoms with Gasteiger partial charge in [-0.1, -0.05) is 30.3 Å². The second kappa shape index (κ2) is 15.9. The Hall–Kier alpha value is -3.65. The van der Waals surface area contributed by atoms with E-state index in [4.69, 9.17) is 0 Å². The minimum atomic E-state index is -10.7. The largest absolute Gasteiger partial charge is 3.00 e. The zero-order valence-corrected chi connectivity index (χ0v) is 28.2. The molecule has 0 saturated heterocycles. The molecule has 6 nitrogen and oxygen atoms in total. The van der Waals surface area contributed by atoms with Gasteiger partial charge in [-0.2, -0.15) is 0 Å². The van der Waals surface area contributed by atoms with E-state index in [9.17, 15) is 50.4 Å². The molecule has 49 heavy (non-hydrogen) atoms. The fourth-order valence-electron chi connectivity index (χ4n) is 3.36. The number of pyridine rings is 5. The Balaban J connectivity index is 0.000000374. The van der Waals surface area contributed by atoms with E-state index < -0.39 is 15.6 Å². The SMILES string of the molecule is F[P-](F)(F)(F)(F)F.F[P-](F)(F)(F)(F)F.[Ru+3].c1ccc(-c2ccccn2)nc1.c1ccc(CN(Cc2ccccn2)Cc2ccccn2)nc1. The van der Waals surface area contributed by atoms with Gasteiger partial charge in [-0.05, 0) is 60.7 Å². The standard InChI is InChI=1S/C18H18N4.C10H8N2.2F6P.Ru/c1-4-10-19-16(7-1)13-22(14-17-8-2-5-11-20-17)15-18-9-3-6-12-21-18;1-3-7-11-9(5-1)10-6-2-4-8-12-10;2*1-7(2,3,4,5)6;/h1-12H,13-15H2;1-8H;;;/q;;2*-1;+3. The Morgan fingerprint density at radius 3 is 0.776 bits per heavy atom. The second-order valence-corrected chi connectivity index (χ2v) is 13.3. The molecular weight excluding hydrogens is 811 g/mol. The van der Waals surface area contributed by atoms with Crippen LogP contribution >= 0.6 is 15.6 Å². The van der Waals surface area contributed by atoms with Crippen molar-refractivity contribution in [3.8, 4) is 11.4 Å². The van der Waals surface area contributed by atoms with Gasteiger partial charge in [0, 0.05) is 50.6 Å². The fraction of sp³-hybridized carbons (Fsp3) is 0.107. The number of halogens is 12. The maximum absolute atomic E-state index is 10.7. The van der Waals surface area contributed by atoms with Gasteiger partial charge in [-0.15, -0.1) is 0 Å². The molecule has 0 spiro atoms. The predicted molar refractivity (Wildman–Crippen MR) is 160 cm³/mol. The molecule has 5 heterocycles. The van der Waals surface area contributed by atoms with Crippen LogP contribution in [0.3, 0.4) is 0 Å². The Morgan fingerprint density at radius 2 is 0.592 bits per heavy atom. The summed E-state index contributed by atoms with van der Waals surface area (Å²) in [5.41, 5.74) is 4.98. The summed E-state index contributed by atoms with van der Waals surface area (Å²) in [6.45, 7) is 2.32.